The van der Waals surface area contributed by atoms with E-state index in [1.807, 2.05) is 36.4 Å². The van der Waals surface area contributed by atoms with Gasteiger partial charge in [0.05, 0.1) is 6.10 Å². The van der Waals surface area contributed by atoms with Crippen LogP contribution in [0.5, 0.6) is 0 Å². The Balaban J connectivity index is 1.90. The summed E-state index contributed by atoms with van der Waals surface area (Å²) < 4.78 is 0. The van der Waals surface area contributed by atoms with Gasteiger partial charge < -0.3 is 10.0 Å². The van der Waals surface area contributed by atoms with Crippen molar-refractivity contribution in [3.63, 3.8) is 0 Å². The Labute approximate surface area is 120 Å². The van der Waals surface area contributed by atoms with Crippen LogP contribution in [-0.2, 0) is 0 Å². The van der Waals surface area contributed by atoms with Crippen molar-refractivity contribution in [2.75, 3.05) is 20.1 Å². The third-order valence-electron chi connectivity index (χ3n) is 4.30. The average molecular weight is 267 g/mol. The first-order valence-corrected chi connectivity index (χ1v) is 7.22. The molecule has 2 nitrogen and oxygen atoms in total. The molecule has 1 heterocycles. The SMILES string of the molecule is CN1CC(c2ccccc2)C(O)C(c2ccccc2)C1. The molecule has 0 bridgehead atoms. The molecule has 1 aliphatic rings. The summed E-state index contributed by atoms with van der Waals surface area (Å²) in [7, 11) is 2.14. The van der Waals surface area contributed by atoms with Gasteiger partial charge in [-0.3, -0.25) is 0 Å². The first-order valence-electron chi connectivity index (χ1n) is 7.22. The molecule has 0 radical (unpaired) electrons. The smallest absolute Gasteiger partial charge is 0.0701 e. The number of hydrogen-bond donors (Lipinski definition) is 1. The fraction of sp³-hybridized carbons (Fsp3) is 0.333. The van der Waals surface area contributed by atoms with Crippen molar-refractivity contribution in [2.24, 2.45) is 0 Å². The van der Waals surface area contributed by atoms with Gasteiger partial charge in [-0.15, -0.1) is 0 Å². The molecule has 2 heteroatoms. The van der Waals surface area contributed by atoms with Crippen LogP contribution in [0.4, 0.5) is 0 Å². The molecule has 2 atom stereocenters. The van der Waals surface area contributed by atoms with Gasteiger partial charge in [0.15, 0.2) is 0 Å². The van der Waals surface area contributed by atoms with E-state index in [1.54, 1.807) is 0 Å². The zero-order valence-corrected chi connectivity index (χ0v) is 11.8. The molecule has 2 aromatic rings. The number of piperidine rings is 1. The van der Waals surface area contributed by atoms with Crippen molar-refractivity contribution in [1.82, 2.24) is 4.90 Å². The number of nitrogens with zero attached hydrogens (tertiary/aromatic N) is 1. The fourth-order valence-electron chi connectivity index (χ4n) is 3.25. The molecule has 1 N–H and O–H groups in total. The van der Waals surface area contributed by atoms with Gasteiger partial charge in [-0.25, -0.2) is 0 Å². The molecule has 20 heavy (non-hydrogen) atoms. The number of benzene rings is 2. The van der Waals surface area contributed by atoms with Gasteiger partial charge in [0.1, 0.15) is 0 Å². The van der Waals surface area contributed by atoms with E-state index in [2.05, 4.69) is 36.2 Å². The third kappa shape index (κ3) is 2.62. The topological polar surface area (TPSA) is 23.5 Å². The highest BCUT2D eigenvalue weighted by molar-refractivity contribution is 5.28. The Morgan fingerprint density at radius 2 is 1.20 bits per heavy atom. The highest BCUT2D eigenvalue weighted by Crippen LogP contribution is 2.35. The first kappa shape index (κ1) is 13.3. The molecular weight excluding hydrogens is 246 g/mol. The Morgan fingerprint density at radius 3 is 1.60 bits per heavy atom. The minimum absolute atomic E-state index is 0.181. The van der Waals surface area contributed by atoms with Crippen LogP contribution in [0.1, 0.15) is 23.0 Å². The monoisotopic (exact) mass is 267 g/mol. The number of aliphatic hydroxyl groups excluding tert-OH is 1. The van der Waals surface area contributed by atoms with Crippen LogP contribution in [0.2, 0.25) is 0 Å². The number of likely N-dealkylation sites (N-methyl/N-ethyl adjacent to an activating group) is 1. The Bertz CT molecular complexity index is 490. The van der Waals surface area contributed by atoms with Crippen molar-refractivity contribution in [3.05, 3.63) is 71.8 Å². The average Bonchev–Trinajstić information content (AvgIpc) is 2.51. The maximum atomic E-state index is 10.8. The number of aliphatic hydroxyl groups is 1. The summed E-state index contributed by atoms with van der Waals surface area (Å²) in [6.45, 7) is 1.82. The highest BCUT2D eigenvalue weighted by atomic mass is 16.3. The zero-order chi connectivity index (χ0) is 13.9. The number of likely N-dealkylation sites (tertiary alicyclic amines) is 1. The maximum absolute atomic E-state index is 10.8. The fourth-order valence-corrected chi connectivity index (χ4v) is 3.25. The summed E-state index contributed by atoms with van der Waals surface area (Å²) >= 11 is 0. The molecule has 3 rings (SSSR count). The van der Waals surface area contributed by atoms with E-state index in [1.165, 1.54) is 11.1 Å². The van der Waals surface area contributed by atoms with Crippen LogP contribution in [0.15, 0.2) is 60.7 Å². The maximum Gasteiger partial charge on any atom is 0.0701 e. The molecule has 1 saturated heterocycles. The van der Waals surface area contributed by atoms with E-state index >= 15 is 0 Å². The van der Waals surface area contributed by atoms with Gasteiger partial charge in [0.25, 0.3) is 0 Å². The summed E-state index contributed by atoms with van der Waals surface area (Å²) in [6, 6.07) is 20.7. The standard InChI is InChI=1S/C18H21NO/c1-19-12-16(14-8-4-2-5-9-14)18(20)17(13-19)15-10-6-3-7-11-15/h2-11,16-18,20H,12-13H2,1H3. The second-order valence-corrected chi connectivity index (χ2v) is 5.75. The Hall–Kier alpha value is -1.64. The van der Waals surface area contributed by atoms with Crippen molar-refractivity contribution in [2.45, 2.75) is 17.9 Å². The van der Waals surface area contributed by atoms with Gasteiger partial charge in [0, 0.05) is 24.9 Å². The van der Waals surface area contributed by atoms with Gasteiger partial charge in [-0.2, -0.15) is 0 Å². The van der Waals surface area contributed by atoms with Crippen LogP contribution in [0.25, 0.3) is 0 Å². The van der Waals surface area contributed by atoms with E-state index in [4.69, 9.17) is 0 Å². The van der Waals surface area contributed by atoms with E-state index in [0.717, 1.165) is 13.1 Å². The molecule has 2 unspecified atom stereocenters. The molecule has 0 aromatic heterocycles. The lowest BCUT2D eigenvalue weighted by molar-refractivity contribution is 0.0488. The Kier molecular flexibility index (Phi) is 3.86. The van der Waals surface area contributed by atoms with Crippen LogP contribution < -0.4 is 0 Å². The van der Waals surface area contributed by atoms with Crippen LogP contribution in [-0.4, -0.2) is 36.2 Å². The van der Waals surface area contributed by atoms with Gasteiger partial charge in [-0.05, 0) is 18.2 Å². The molecule has 104 valence electrons. The summed E-state index contributed by atoms with van der Waals surface area (Å²) in [5, 5.41) is 10.8. The minimum Gasteiger partial charge on any atom is -0.392 e. The molecule has 0 saturated carbocycles. The molecule has 0 aliphatic carbocycles. The van der Waals surface area contributed by atoms with E-state index < -0.39 is 0 Å². The predicted molar refractivity (Wildman–Crippen MR) is 81.9 cm³/mol. The highest BCUT2D eigenvalue weighted by Gasteiger charge is 2.35. The Morgan fingerprint density at radius 1 is 0.800 bits per heavy atom. The van der Waals surface area contributed by atoms with Crippen molar-refractivity contribution >= 4 is 0 Å². The third-order valence-corrected chi connectivity index (χ3v) is 4.30. The lowest BCUT2D eigenvalue weighted by Gasteiger charge is -2.40. The molecular formula is C18H21NO. The molecule has 0 amide bonds. The van der Waals surface area contributed by atoms with Gasteiger partial charge >= 0.3 is 0 Å². The normalized spacial score (nSPS) is 27.4. The largest absolute Gasteiger partial charge is 0.392 e. The lowest BCUT2D eigenvalue weighted by Crippen LogP contribution is -2.45. The van der Waals surface area contributed by atoms with Crippen LogP contribution >= 0.6 is 0 Å². The second-order valence-electron chi connectivity index (χ2n) is 5.75. The number of hydrogen-bond acceptors (Lipinski definition) is 2. The first-order chi connectivity index (χ1) is 9.75. The molecule has 1 aliphatic heterocycles. The van der Waals surface area contributed by atoms with E-state index in [-0.39, 0.29) is 17.9 Å². The van der Waals surface area contributed by atoms with Gasteiger partial charge in [-0.1, -0.05) is 60.7 Å². The van der Waals surface area contributed by atoms with Crippen molar-refractivity contribution in [1.29, 1.82) is 0 Å². The summed E-state index contributed by atoms with van der Waals surface area (Å²) in [5.74, 6) is 0.361. The number of rotatable bonds is 2. The molecule has 0 spiro atoms. The second kappa shape index (κ2) is 5.78. The van der Waals surface area contributed by atoms with Crippen molar-refractivity contribution < 1.29 is 5.11 Å². The van der Waals surface area contributed by atoms with E-state index in [9.17, 15) is 5.11 Å². The molecule has 1 fully saturated rings. The minimum atomic E-state index is -0.323. The zero-order valence-electron chi connectivity index (χ0n) is 11.8. The summed E-state index contributed by atoms with van der Waals surface area (Å²) in [6.07, 6.45) is -0.323. The lowest BCUT2D eigenvalue weighted by atomic mass is 9.79. The van der Waals surface area contributed by atoms with Crippen LogP contribution in [0, 0.1) is 0 Å². The molecule has 2 aromatic carbocycles. The van der Waals surface area contributed by atoms with Crippen LogP contribution in [0.3, 0.4) is 0 Å². The van der Waals surface area contributed by atoms with Crippen molar-refractivity contribution in [3.8, 4) is 0 Å². The quantitative estimate of drug-likeness (QED) is 0.904. The summed E-state index contributed by atoms with van der Waals surface area (Å²) in [5.41, 5.74) is 2.46. The predicted octanol–water partition coefficient (Wildman–Crippen LogP) is 2.86. The van der Waals surface area contributed by atoms with Gasteiger partial charge in [0.2, 0.25) is 0 Å². The summed E-state index contributed by atoms with van der Waals surface area (Å²) in [4.78, 5) is 2.32. The van der Waals surface area contributed by atoms with E-state index in [0.29, 0.717) is 0 Å².